The molecule has 0 saturated heterocycles. The third-order valence-corrected chi connectivity index (χ3v) is 5.26. The fraction of sp³-hybridized carbons (Fsp3) is 0.348. The van der Waals surface area contributed by atoms with Gasteiger partial charge in [0.15, 0.2) is 6.04 Å². The number of aliphatic hydroxyl groups is 1. The van der Waals surface area contributed by atoms with Gasteiger partial charge in [0, 0.05) is 18.4 Å². The van der Waals surface area contributed by atoms with Gasteiger partial charge in [-0.2, -0.15) is 0 Å². The van der Waals surface area contributed by atoms with Gasteiger partial charge in [0.05, 0.1) is 6.10 Å². The van der Waals surface area contributed by atoms with Crippen LogP contribution in [0.25, 0.3) is 11.1 Å². The quantitative estimate of drug-likeness (QED) is 0.513. The standard InChI is InChI=1S/C23H26N2O6/c1-13(11-20(27)25-21(14(2)26)22(28)29)24-23(30)31-12-19-17-9-5-3-7-15(17)16-8-4-6-10-18(16)19/h3-10,13-14,19,21,26H,11-12H2,1-2H3,(H,24,30)(H,25,27)(H,28,29)/t13-,14?,21?/m0/s1. The average Bonchev–Trinajstić information content (AvgIpc) is 3.04. The molecular formula is C23H26N2O6. The molecular weight excluding hydrogens is 400 g/mol. The van der Waals surface area contributed by atoms with Crippen LogP contribution in [0, 0.1) is 0 Å². The number of hydrogen-bond acceptors (Lipinski definition) is 5. The van der Waals surface area contributed by atoms with Gasteiger partial charge in [-0.15, -0.1) is 0 Å². The van der Waals surface area contributed by atoms with Crippen LogP contribution in [0.2, 0.25) is 0 Å². The van der Waals surface area contributed by atoms with Crippen LogP contribution in [-0.4, -0.2) is 53.0 Å². The molecule has 0 saturated carbocycles. The van der Waals surface area contributed by atoms with Gasteiger partial charge >= 0.3 is 12.1 Å². The summed E-state index contributed by atoms with van der Waals surface area (Å²) in [6.45, 7) is 3.04. The van der Waals surface area contributed by atoms with E-state index in [1.165, 1.54) is 6.92 Å². The number of amides is 2. The minimum absolute atomic E-state index is 0.0703. The van der Waals surface area contributed by atoms with Crippen molar-refractivity contribution in [1.29, 1.82) is 0 Å². The number of carbonyl (C=O) groups is 3. The van der Waals surface area contributed by atoms with Crippen molar-refractivity contribution in [1.82, 2.24) is 10.6 Å². The molecule has 0 fully saturated rings. The molecule has 0 bridgehead atoms. The van der Waals surface area contributed by atoms with Gasteiger partial charge < -0.3 is 25.6 Å². The summed E-state index contributed by atoms with van der Waals surface area (Å²) in [7, 11) is 0. The van der Waals surface area contributed by atoms with Gasteiger partial charge in [-0.05, 0) is 36.1 Å². The van der Waals surface area contributed by atoms with E-state index in [-0.39, 0.29) is 18.9 Å². The van der Waals surface area contributed by atoms with Crippen LogP contribution in [0.5, 0.6) is 0 Å². The van der Waals surface area contributed by atoms with Crippen molar-refractivity contribution in [2.75, 3.05) is 6.61 Å². The maximum atomic E-state index is 12.3. The Hall–Kier alpha value is -3.39. The van der Waals surface area contributed by atoms with Gasteiger partial charge in [0.25, 0.3) is 0 Å². The summed E-state index contributed by atoms with van der Waals surface area (Å²) < 4.78 is 5.43. The van der Waals surface area contributed by atoms with E-state index in [1.54, 1.807) is 6.92 Å². The Morgan fingerprint density at radius 3 is 2.03 bits per heavy atom. The summed E-state index contributed by atoms with van der Waals surface area (Å²) in [4.78, 5) is 35.3. The molecule has 2 unspecified atom stereocenters. The first-order valence-electron chi connectivity index (χ1n) is 10.1. The lowest BCUT2D eigenvalue weighted by molar-refractivity contribution is -0.144. The Labute approximate surface area is 180 Å². The number of alkyl carbamates (subject to hydrolysis) is 1. The molecule has 0 aliphatic heterocycles. The lowest BCUT2D eigenvalue weighted by atomic mass is 9.98. The second kappa shape index (κ2) is 9.61. The molecule has 3 rings (SSSR count). The molecule has 0 radical (unpaired) electrons. The normalized spacial score (nSPS) is 15.2. The molecule has 164 valence electrons. The highest BCUT2D eigenvalue weighted by Crippen LogP contribution is 2.44. The first kappa shape index (κ1) is 22.3. The van der Waals surface area contributed by atoms with Gasteiger partial charge in [-0.1, -0.05) is 48.5 Å². The molecule has 0 spiro atoms. The molecule has 8 heteroatoms. The monoisotopic (exact) mass is 426 g/mol. The molecule has 1 aliphatic carbocycles. The topological polar surface area (TPSA) is 125 Å². The zero-order chi connectivity index (χ0) is 22.5. The van der Waals surface area contributed by atoms with Crippen molar-refractivity contribution >= 4 is 18.0 Å². The number of ether oxygens (including phenoxy) is 1. The summed E-state index contributed by atoms with van der Waals surface area (Å²) in [5.41, 5.74) is 4.45. The zero-order valence-corrected chi connectivity index (χ0v) is 17.4. The van der Waals surface area contributed by atoms with Crippen molar-refractivity contribution in [2.24, 2.45) is 0 Å². The van der Waals surface area contributed by atoms with Gasteiger partial charge in [0.1, 0.15) is 6.61 Å². The number of carbonyl (C=O) groups excluding carboxylic acids is 2. The number of carboxylic acid groups (broad SMARTS) is 1. The minimum atomic E-state index is -1.41. The van der Waals surface area contributed by atoms with Crippen molar-refractivity contribution in [3.8, 4) is 11.1 Å². The molecule has 1 aliphatic rings. The number of carboxylic acids is 1. The highest BCUT2D eigenvalue weighted by atomic mass is 16.5. The van der Waals surface area contributed by atoms with Crippen LogP contribution >= 0.6 is 0 Å². The number of rotatable bonds is 8. The van der Waals surface area contributed by atoms with Gasteiger partial charge in [-0.25, -0.2) is 9.59 Å². The zero-order valence-electron chi connectivity index (χ0n) is 17.4. The van der Waals surface area contributed by atoms with Crippen molar-refractivity contribution < 1.29 is 29.3 Å². The lowest BCUT2D eigenvalue weighted by Crippen LogP contribution is -2.49. The number of hydrogen-bond donors (Lipinski definition) is 4. The minimum Gasteiger partial charge on any atom is -0.480 e. The highest BCUT2D eigenvalue weighted by molar-refractivity contribution is 5.84. The Morgan fingerprint density at radius 2 is 1.52 bits per heavy atom. The van der Waals surface area contributed by atoms with Crippen LogP contribution in [0.15, 0.2) is 48.5 Å². The first-order valence-corrected chi connectivity index (χ1v) is 10.1. The van der Waals surface area contributed by atoms with Gasteiger partial charge in [-0.3, -0.25) is 4.79 Å². The predicted octanol–water partition coefficient (Wildman–Crippen LogP) is 2.25. The molecule has 0 aromatic heterocycles. The number of aliphatic hydroxyl groups excluding tert-OH is 1. The Bertz CT molecular complexity index is 929. The summed E-state index contributed by atoms with van der Waals surface area (Å²) in [5, 5.41) is 23.3. The van der Waals surface area contributed by atoms with Crippen LogP contribution in [0.4, 0.5) is 4.79 Å². The van der Waals surface area contributed by atoms with E-state index in [0.29, 0.717) is 0 Å². The van der Waals surface area contributed by atoms with E-state index < -0.39 is 36.2 Å². The Morgan fingerprint density at radius 1 is 0.968 bits per heavy atom. The summed E-state index contributed by atoms with van der Waals surface area (Å²) in [6.07, 6.45) is -2.06. The predicted molar refractivity (Wildman–Crippen MR) is 114 cm³/mol. The second-order valence-electron chi connectivity index (χ2n) is 7.70. The number of aliphatic carboxylic acids is 1. The van der Waals surface area contributed by atoms with E-state index in [4.69, 9.17) is 9.84 Å². The molecule has 3 atom stereocenters. The van der Waals surface area contributed by atoms with E-state index in [2.05, 4.69) is 10.6 Å². The maximum Gasteiger partial charge on any atom is 0.407 e. The molecule has 8 nitrogen and oxygen atoms in total. The SMILES string of the molecule is CC(O)C(NC(=O)C[C@H](C)NC(=O)OCC1c2ccccc2-c2ccccc21)C(=O)O. The molecule has 2 aromatic rings. The summed E-state index contributed by atoms with van der Waals surface area (Å²) >= 11 is 0. The molecule has 2 amide bonds. The highest BCUT2D eigenvalue weighted by Gasteiger charge is 2.29. The van der Waals surface area contributed by atoms with Crippen molar-refractivity contribution in [3.63, 3.8) is 0 Å². The number of benzene rings is 2. The smallest absolute Gasteiger partial charge is 0.407 e. The third-order valence-electron chi connectivity index (χ3n) is 5.26. The third kappa shape index (κ3) is 5.21. The van der Waals surface area contributed by atoms with E-state index in [0.717, 1.165) is 22.3 Å². The van der Waals surface area contributed by atoms with Crippen LogP contribution < -0.4 is 10.6 Å². The Kier molecular flexibility index (Phi) is 6.91. The first-order chi connectivity index (χ1) is 14.8. The molecule has 4 N–H and O–H groups in total. The van der Waals surface area contributed by atoms with Crippen LogP contribution in [0.3, 0.4) is 0 Å². The van der Waals surface area contributed by atoms with Crippen molar-refractivity contribution in [2.45, 2.75) is 44.4 Å². The maximum absolute atomic E-state index is 12.3. The summed E-state index contributed by atoms with van der Waals surface area (Å²) in [5.74, 6) is -2.00. The van der Waals surface area contributed by atoms with Crippen LogP contribution in [-0.2, 0) is 14.3 Å². The fourth-order valence-electron chi connectivity index (χ4n) is 3.79. The molecule has 2 aromatic carbocycles. The molecule has 0 heterocycles. The molecule has 31 heavy (non-hydrogen) atoms. The van der Waals surface area contributed by atoms with E-state index in [1.807, 2.05) is 48.5 Å². The van der Waals surface area contributed by atoms with Crippen molar-refractivity contribution in [3.05, 3.63) is 59.7 Å². The fourth-order valence-corrected chi connectivity index (χ4v) is 3.79. The average molecular weight is 426 g/mol. The summed E-state index contributed by atoms with van der Waals surface area (Å²) in [6, 6.07) is 14.0. The van der Waals surface area contributed by atoms with E-state index in [9.17, 15) is 19.5 Å². The van der Waals surface area contributed by atoms with Crippen LogP contribution in [0.1, 0.15) is 37.3 Å². The number of nitrogens with one attached hydrogen (secondary N) is 2. The largest absolute Gasteiger partial charge is 0.480 e. The van der Waals surface area contributed by atoms with E-state index >= 15 is 0 Å². The van der Waals surface area contributed by atoms with Gasteiger partial charge in [0.2, 0.25) is 5.91 Å². The Balaban J connectivity index is 1.54. The second-order valence-corrected chi connectivity index (χ2v) is 7.70. The number of fused-ring (bicyclic) bond motifs is 3. The lowest BCUT2D eigenvalue weighted by Gasteiger charge is -2.19.